The first kappa shape index (κ1) is 12.6. The van der Waals surface area contributed by atoms with E-state index < -0.39 is 11.2 Å². The van der Waals surface area contributed by atoms with Crippen LogP contribution in [0.3, 0.4) is 0 Å². The summed E-state index contributed by atoms with van der Waals surface area (Å²) in [5.74, 6) is -0.266. The molecule has 1 aromatic heterocycles. The van der Waals surface area contributed by atoms with Crippen LogP contribution in [0.5, 0.6) is 0 Å². The van der Waals surface area contributed by atoms with E-state index in [1.54, 1.807) is 0 Å². The second-order valence-electron chi connectivity index (χ2n) is 4.82. The van der Waals surface area contributed by atoms with E-state index in [2.05, 4.69) is 10.3 Å². The van der Waals surface area contributed by atoms with Gasteiger partial charge in [-0.3, -0.25) is 19.1 Å². The molecular formula is C11H15N3O4. The lowest BCUT2D eigenvalue weighted by atomic mass is 9.89. The van der Waals surface area contributed by atoms with Gasteiger partial charge < -0.3 is 10.1 Å². The van der Waals surface area contributed by atoms with Gasteiger partial charge in [0, 0.05) is 24.2 Å². The van der Waals surface area contributed by atoms with Crippen molar-refractivity contribution in [3.05, 3.63) is 33.1 Å². The summed E-state index contributed by atoms with van der Waals surface area (Å²) < 4.78 is 6.22. The summed E-state index contributed by atoms with van der Waals surface area (Å²) in [6.45, 7) is 3.69. The lowest BCUT2D eigenvalue weighted by Crippen LogP contribution is -2.49. The number of amides is 1. The van der Waals surface area contributed by atoms with Crippen LogP contribution in [0.15, 0.2) is 21.9 Å². The van der Waals surface area contributed by atoms with Gasteiger partial charge in [-0.15, -0.1) is 0 Å². The standard InChI is InChI=1S/C11H15N3O4/c1-11(6-18-7-11)5-12-9(16)4-14-3-2-8(15)13-10(14)17/h2-3H,4-7H2,1H3,(H,12,16)(H,13,15,17). The highest BCUT2D eigenvalue weighted by molar-refractivity contribution is 5.75. The van der Waals surface area contributed by atoms with Crippen LogP contribution < -0.4 is 16.6 Å². The predicted octanol–water partition coefficient (Wildman–Crippen LogP) is -1.31. The SMILES string of the molecule is CC1(CNC(=O)Cn2ccc(=O)[nH]c2=O)COC1. The molecule has 7 nitrogen and oxygen atoms in total. The zero-order valence-corrected chi connectivity index (χ0v) is 10.1. The molecule has 1 aliphatic rings. The Bertz CT molecular complexity index is 556. The lowest BCUT2D eigenvalue weighted by molar-refractivity contribution is -0.127. The monoisotopic (exact) mass is 253 g/mol. The van der Waals surface area contributed by atoms with Gasteiger partial charge in [-0.1, -0.05) is 6.92 Å². The molecule has 0 aliphatic carbocycles. The van der Waals surface area contributed by atoms with Crippen molar-refractivity contribution >= 4 is 5.91 Å². The van der Waals surface area contributed by atoms with Crippen LogP contribution >= 0.6 is 0 Å². The van der Waals surface area contributed by atoms with Crippen LogP contribution in [0, 0.1) is 5.41 Å². The van der Waals surface area contributed by atoms with E-state index in [4.69, 9.17) is 4.74 Å². The van der Waals surface area contributed by atoms with Gasteiger partial charge in [0.05, 0.1) is 13.2 Å². The molecule has 0 radical (unpaired) electrons. The third-order valence-corrected chi connectivity index (χ3v) is 2.82. The highest BCUT2D eigenvalue weighted by Crippen LogP contribution is 2.24. The number of nitrogens with zero attached hydrogens (tertiary/aromatic N) is 1. The van der Waals surface area contributed by atoms with Crippen LogP contribution in [-0.4, -0.2) is 35.2 Å². The van der Waals surface area contributed by atoms with E-state index in [0.29, 0.717) is 19.8 Å². The Balaban J connectivity index is 1.91. The summed E-state index contributed by atoms with van der Waals surface area (Å²) in [6.07, 6.45) is 1.30. The lowest BCUT2D eigenvalue weighted by Gasteiger charge is -2.38. The van der Waals surface area contributed by atoms with E-state index in [0.717, 1.165) is 4.57 Å². The van der Waals surface area contributed by atoms with Crippen molar-refractivity contribution in [2.45, 2.75) is 13.5 Å². The maximum absolute atomic E-state index is 11.6. The normalized spacial score (nSPS) is 16.9. The van der Waals surface area contributed by atoms with Gasteiger partial charge in [0.25, 0.3) is 5.56 Å². The molecule has 2 heterocycles. The van der Waals surface area contributed by atoms with Crippen molar-refractivity contribution < 1.29 is 9.53 Å². The van der Waals surface area contributed by atoms with E-state index in [1.807, 2.05) is 6.92 Å². The second-order valence-corrected chi connectivity index (χ2v) is 4.82. The molecule has 1 aliphatic heterocycles. The van der Waals surface area contributed by atoms with Crippen LogP contribution in [-0.2, 0) is 16.1 Å². The Hall–Kier alpha value is -1.89. The molecule has 2 N–H and O–H groups in total. The number of rotatable bonds is 4. The minimum Gasteiger partial charge on any atom is -0.380 e. The number of aromatic nitrogens is 2. The minimum atomic E-state index is -0.587. The molecule has 0 unspecified atom stereocenters. The first-order chi connectivity index (χ1) is 8.48. The maximum Gasteiger partial charge on any atom is 0.328 e. The van der Waals surface area contributed by atoms with Crippen molar-refractivity contribution in [3.63, 3.8) is 0 Å². The number of carbonyl (C=O) groups excluding carboxylic acids is 1. The van der Waals surface area contributed by atoms with Crippen molar-refractivity contribution in [1.29, 1.82) is 0 Å². The van der Waals surface area contributed by atoms with Gasteiger partial charge in [0.2, 0.25) is 5.91 Å². The molecule has 0 atom stereocenters. The van der Waals surface area contributed by atoms with Crippen LogP contribution in [0.2, 0.25) is 0 Å². The third-order valence-electron chi connectivity index (χ3n) is 2.82. The first-order valence-electron chi connectivity index (χ1n) is 5.63. The number of ether oxygens (including phenoxy) is 1. The fourth-order valence-electron chi connectivity index (χ4n) is 1.64. The highest BCUT2D eigenvalue weighted by atomic mass is 16.5. The zero-order chi connectivity index (χ0) is 13.2. The smallest absolute Gasteiger partial charge is 0.328 e. The van der Waals surface area contributed by atoms with Crippen molar-refractivity contribution in [2.75, 3.05) is 19.8 Å². The highest BCUT2D eigenvalue weighted by Gasteiger charge is 2.33. The van der Waals surface area contributed by atoms with Crippen molar-refractivity contribution in [2.24, 2.45) is 5.41 Å². The molecule has 98 valence electrons. The molecule has 1 aromatic rings. The maximum atomic E-state index is 11.6. The fraction of sp³-hybridized carbons (Fsp3) is 0.545. The van der Waals surface area contributed by atoms with Gasteiger partial charge in [-0.25, -0.2) is 4.79 Å². The number of aromatic amines is 1. The van der Waals surface area contributed by atoms with Gasteiger partial charge in [-0.05, 0) is 0 Å². The molecule has 0 saturated carbocycles. The number of hydrogen-bond donors (Lipinski definition) is 2. The Kier molecular flexibility index (Phi) is 3.33. The largest absolute Gasteiger partial charge is 0.380 e. The molecule has 1 fully saturated rings. The fourth-order valence-corrected chi connectivity index (χ4v) is 1.64. The second kappa shape index (κ2) is 4.77. The van der Waals surface area contributed by atoms with Gasteiger partial charge >= 0.3 is 5.69 Å². The summed E-state index contributed by atoms with van der Waals surface area (Å²) in [4.78, 5) is 35.9. The van der Waals surface area contributed by atoms with Crippen LogP contribution in [0.25, 0.3) is 0 Å². The van der Waals surface area contributed by atoms with E-state index in [9.17, 15) is 14.4 Å². The Morgan fingerprint density at radius 2 is 2.28 bits per heavy atom. The Morgan fingerprint density at radius 3 is 2.83 bits per heavy atom. The summed E-state index contributed by atoms with van der Waals surface area (Å²) >= 11 is 0. The quantitative estimate of drug-likeness (QED) is 0.696. The van der Waals surface area contributed by atoms with E-state index in [-0.39, 0.29) is 17.9 Å². The molecule has 0 spiro atoms. The molecule has 1 amide bonds. The topological polar surface area (TPSA) is 93.2 Å². The molecule has 7 heteroatoms. The van der Waals surface area contributed by atoms with Gasteiger partial charge in [-0.2, -0.15) is 0 Å². The number of hydrogen-bond acceptors (Lipinski definition) is 4. The average molecular weight is 253 g/mol. The zero-order valence-electron chi connectivity index (χ0n) is 10.1. The Morgan fingerprint density at radius 1 is 1.56 bits per heavy atom. The minimum absolute atomic E-state index is 0.00831. The van der Waals surface area contributed by atoms with Gasteiger partial charge in [0.15, 0.2) is 0 Å². The number of carbonyl (C=O) groups is 1. The molecule has 0 aromatic carbocycles. The molecule has 0 bridgehead atoms. The van der Waals surface area contributed by atoms with Crippen LogP contribution in [0.1, 0.15) is 6.92 Å². The predicted molar refractivity (Wildman–Crippen MR) is 63.3 cm³/mol. The van der Waals surface area contributed by atoms with Crippen molar-refractivity contribution in [3.8, 4) is 0 Å². The number of H-pyrrole nitrogens is 1. The van der Waals surface area contributed by atoms with Crippen LogP contribution in [0.4, 0.5) is 0 Å². The summed E-state index contributed by atoms with van der Waals surface area (Å²) in [7, 11) is 0. The van der Waals surface area contributed by atoms with E-state index in [1.165, 1.54) is 12.3 Å². The summed E-state index contributed by atoms with van der Waals surface area (Å²) in [5.41, 5.74) is -1.07. The summed E-state index contributed by atoms with van der Waals surface area (Å²) in [5, 5.41) is 2.74. The Labute approximate surface area is 103 Å². The molecular weight excluding hydrogens is 238 g/mol. The van der Waals surface area contributed by atoms with Crippen molar-refractivity contribution in [1.82, 2.24) is 14.9 Å². The molecule has 2 rings (SSSR count). The van der Waals surface area contributed by atoms with E-state index >= 15 is 0 Å². The van der Waals surface area contributed by atoms with Gasteiger partial charge in [0.1, 0.15) is 6.54 Å². The first-order valence-corrected chi connectivity index (χ1v) is 5.63. The number of nitrogens with one attached hydrogen (secondary N) is 2. The molecule has 1 saturated heterocycles. The summed E-state index contributed by atoms with van der Waals surface area (Å²) in [6, 6.07) is 1.20. The average Bonchev–Trinajstić information content (AvgIpc) is 2.28. The third kappa shape index (κ3) is 2.86. The molecule has 18 heavy (non-hydrogen) atoms.